The van der Waals surface area contributed by atoms with E-state index in [1.165, 1.54) is 11.0 Å². The predicted octanol–water partition coefficient (Wildman–Crippen LogP) is 3.50. The largest absolute Gasteiger partial charge is 0.482 e. The van der Waals surface area contributed by atoms with Crippen LogP contribution in [0.25, 0.3) is 0 Å². The Balaban J connectivity index is 1.59. The quantitative estimate of drug-likeness (QED) is 0.794. The first kappa shape index (κ1) is 19.3. The average Bonchev–Trinajstić information content (AvgIpc) is 2.93. The van der Waals surface area contributed by atoms with Gasteiger partial charge in [-0.05, 0) is 31.0 Å². The van der Waals surface area contributed by atoms with Gasteiger partial charge in [0, 0.05) is 11.1 Å². The molecule has 1 aromatic carbocycles. The number of hydrogen-bond acceptors (Lipinski definition) is 5. The van der Waals surface area contributed by atoms with Gasteiger partial charge in [-0.3, -0.25) is 19.3 Å². The monoisotopic (exact) mass is 416 g/mol. The van der Waals surface area contributed by atoms with Crippen molar-refractivity contribution < 1.29 is 19.1 Å². The number of nitrogens with one attached hydrogen (secondary N) is 1. The third kappa shape index (κ3) is 4.45. The normalized spacial score (nSPS) is 23.2. The zero-order valence-corrected chi connectivity index (χ0v) is 16.2. The maximum atomic E-state index is 12.3. The summed E-state index contributed by atoms with van der Waals surface area (Å²) in [5.74, 6) is 0.0384. The molecule has 2 fully saturated rings. The van der Waals surface area contributed by atoms with Crippen molar-refractivity contribution in [2.75, 3.05) is 12.4 Å². The second-order valence-corrected chi connectivity index (χ2v) is 7.98. The third-order valence-corrected chi connectivity index (χ3v) is 5.81. The number of nitrogens with zero attached hydrogens (tertiary/aromatic N) is 1. The number of rotatable bonds is 5. The molecule has 0 radical (unpaired) electrons. The maximum absolute atomic E-state index is 12.3. The van der Waals surface area contributed by atoms with Crippen molar-refractivity contribution in [1.29, 1.82) is 0 Å². The molecule has 3 rings (SSSR count). The van der Waals surface area contributed by atoms with Crippen LogP contribution in [-0.2, 0) is 9.59 Å². The van der Waals surface area contributed by atoms with Gasteiger partial charge in [0.2, 0.25) is 5.91 Å². The molecule has 1 heterocycles. The molecule has 1 N–H and O–H groups in total. The van der Waals surface area contributed by atoms with Crippen LogP contribution in [0.3, 0.4) is 0 Å². The predicted molar refractivity (Wildman–Crippen MR) is 101 cm³/mol. The number of carbonyl (C=O) groups excluding carboxylic acids is 3. The minimum atomic E-state index is -0.320. The van der Waals surface area contributed by atoms with E-state index in [4.69, 9.17) is 27.9 Å². The summed E-state index contributed by atoms with van der Waals surface area (Å²) in [4.78, 5) is 37.6. The lowest BCUT2D eigenvalue weighted by Gasteiger charge is -2.36. The molecule has 1 aliphatic heterocycles. The SMILES string of the molecule is O=C(COc1ccc(Cl)cc1Cl)NC1CCCCC1N1C(=O)CSC1=O. The molecule has 0 spiro atoms. The van der Waals surface area contributed by atoms with Gasteiger partial charge in [-0.2, -0.15) is 0 Å². The van der Waals surface area contributed by atoms with Crippen LogP contribution in [-0.4, -0.2) is 46.4 Å². The summed E-state index contributed by atoms with van der Waals surface area (Å²) in [6.07, 6.45) is 3.29. The summed E-state index contributed by atoms with van der Waals surface area (Å²) in [6.45, 7) is -0.207. The van der Waals surface area contributed by atoms with Crippen LogP contribution in [0.4, 0.5) is 4.79 Å². The number of carbonyl (C=O) groups is 3. The van der Waals surface area contributed by atoms with Gasteiger partial charge in [-0.25, -0.2) is 0 Å². The van der Waals surface area contributed by atoms with Gasteiger partial charge in [-0.15, -0.1) is 0 Å². The summed E-state index contributed by atoms with van der Waals surface area (Å²) in [7, 11) is 0. The van der Waals surface area contributed by atoms with E-state index in [1.54, 1.807) is 12.1 Å². The second kappa shape index (κ2) is 8.50. The van der Waals surface area contributed by atoms with Gasteiger partial charge in [0.25, 0.3) is 11.1 Å². The third-order valence-electron chi connectivity index (χ3n) is 4.44. The van der Waals surface area contributed by atoms with Crippen molar-refractivity contribution in [2.24, 2.45) is 0 Å². The summed E-state index contributed by atoms with van der Waals surface area (Å²) in [5.41, 5.74) is 0. The number of ether oxygens (including phenoxy) is 1. The van der Waals surface area contributed by atoms with E-state index in [-0.39, 0.29) is 41.5 Å². The summed E-state index contributed by atoms with van der Waals surface area (Å²) in [6, 6.07) is 4.21. The highest BCUT2D eigenvalue weighted by Crippen LogP contribution is 2.30. The minimum Gasteiger partial charge on any atom is -0.482 e. The Bertz CT molecular complexity index is 715. The van der Waals surface area contributed by atoms with Crippen LogP contribution >= 0.6 is 35.0 Å². The zero-order chi connectivity index (χ0) is 18.7. The van der Waals surface area contributed by atoms with Crippen molar-refractivity contribution >= 4 is 52.0 Å². The van der Waals surface area contributed by atoms with E-state index in [9.17, 15) is 14.4 Å². The molecule has 9 heteroatoms. The Morgan fingerprint density at radius 3 is 2.73 bits per heavy atom. The smallest absolute Gasteiger partial charge is 0.289 e. The number of amides is 3. The van der Waals surface area contributed by atoms with Crippen LogP contribution in [0.15, 0.2) is 18.2 Å². The molecule has 2 unspecified atom stereocenters. The van der Waals surface area contributed by atoms with Crippen LogP contribution in [0.2, 0.25) is 10.0 Å². The zero-order valence-electron chi connectivity index (χ0n) is 13.9. The lowest BCUT2D eigenvalue weighted by atomic mass is 9.89. The summed E-state index contributed by atoms with van der Waals surface area (Å²) in [5, 5.41) is 3.47. The number of benzene rings is 1. The standard InChI is InChI=1S/C17H18Cl2N2O4S/c18-10-5-6-14(11(19)7-10)25-8-15(22)20-12-3-1-2-4-13(12)21-16(23)9-26-17(21)24/h5-7,12-13H,1-4,8-9H2,(H,20,22). The van der Waals surface area contributed by atoms with E-state index >= 15 is 0 Å². The van der Waals surface area contributed by atoms with Gasteiger partial charge in [0.05, 0.1) is 16.8 Å². The molecule has 3 amide bonds. The Morgan fingerprint density at radius 1 is 1.27 bits per heavy atom. The molecule has 2 atom stereocenters. The topological polar surface area (TPSA) is 75.7 Å². The van der Waals surface area contributed by atoms with Crippen molar-refractivity contribution in [1.82, 2.24) is 10.2 Å². The van der Waals surface area contributed by atoms with Gasteiger partial charge in [-0.1, -0.05) is 47.8 Å². The molecular formula is C17H18Cl2N2O4S. The molecule has 1 aliphatic carbocycles. The lowest BCUT2D eigenvalue weighted by Crippen LogP contribution is -2.55. The molecule has 1 saturated carbocycles. The summed E-state index contributed by atoms with van der Waals surface area (Å²) >= 11 is 12.9. The fourth-order valence-corrected chi connectivity index (χ4v) is 4.48. The molecule has 26 heavy (non-hydrogen) atoms. The minimum absolute atomic E-state index is 0.175. The van der Waals surface area contributed by atoms with Crippen LogP contribution in [0.1, 0.15) is 25.7 Å². The molecule has 0 aromatic heterocycles. The molecule has 1 saturated heterocycles. The molecule has 6 nitrogen and oxygen atoms in total. The van der Waals surface area contributed by atoms with Crippen molar-refractivity contribution in [3.8, 4) is 5.75 Å². The fraction of sp³-hybridized carbons (Fsp3) is 0.471. The van der Waals surface area contributed by atoms with Crippen molar-refractivity contribution in [3.05, 3.63) is 28.2 Å². The Labute approximate surface area is 165 Å². The Kier molecular flexibility index (Phi) is 6.32. The van der Waals surface area contributed by atoms with Gasteiger partial charge in [0.15, 0.2) is 6.61 Å². The first-order valence-electron chi connectivity index (χ1n) is 8.31. The highest BCUT2D eigenvalue weighted by Gasteiger charge is 2.41. The summed E-state index contributed by atoms with van der Waals surface area (Å²) < 4.78 is 5.44. The molecule has 2 aliphatic rings. The first-order chi connectivity index (χ1) is 12.5. The Morgan fingerprint density at radius 2 is 2.04 bits per heavy atom. The molecule has 0 bridgehead atoms. The average molecular weight is 417 g/mol. The van der Waals surface area contributed by atoms with Gasteiger partial charge < -0.3 is 10.1 Å². The number of hydrogen-bond donors (Lipinski definition) is 1. The molecule has 1 aromatic rings. The number of imide groups is 1. The van der Waals surface area contributed by atoms with E-state index < -0.39 is 0 Å². The van der Waals surface area contributed by atoms with Crippen molar-refractivity contribution in [2.45, 2.75) is 37.8 Å². The second-order valence-electron chi connectivity index (χ2n) is 6.21. The van der Waals surface area contributed by atoms with Crippen LogP contribution in [0.5, 0.6) is 5.75 Å². The van der Waals surface area contributed by atoms with Crippen molar-refractivity contribution in [3.63, 3.8) is 0 Å². The van der Waals surface area contributed by atoms with Crippen LogP contribution in [0, 0.1) is 0 Å². The maximum Gasteiger partial charge on any atom is 0.289 e. The Hall–Kier alpha value is -1.44. The highest BCUT2D eigenvalue weighted by atomic mass is 35.5. The molecular weight excluding hydrogens is 399 g/mol. The first-order valence-corrected chi connectivity index (χ1v) is 10.1. The van der Waals surface area contributed by atoms with E-state index in [0.717, 1.165) is 31.0 Å². The van der Waals surface area contributed by atoms with E-state index in [1.807, 2.05) is 0 Å². The number of halogens is 2. The lowest BCUT2D eigenvalue weighted by molar-refractivity contribution is -0.129. The molecule has 140 valence electrons. The van der Waals surface area contributed by atoms with Gasteiger partial charge in [0.1, 0.15) is 5.75 Å². The van der Waals surface area contributed by atoms with Crippen LogP contribution < -0.4 is 10.1 Å². The number of thioether (sulfide) groups is 1. The fourth-order valence-electron chi connectivity index (χ4n) is 3.26. The highest BCUT2D eigenvalue weighted by molar-refractivity contribution is 8.14. The van der Waals surface area contributed by atoms with E-state index in [2.05, 4.69) is 5.32 Å². The van der Waals surface area contributed by atoms with Gasteiger partial charge >= 0.3 is 0 Å². The van der Waals surface area contributed by atoms with E-state index in [0.29, 0.717) is 22.2 Å².